The summed E-state index contributed by atoms with van der Waals surface area (Å²) in [6.07, 6.45) is 0. The van der Waals surface area contributed by atoms with Crippen LogP contribution in [0.25, 0.3) is 0 Å². The third kappa shape index (κ3) is 3.83. The van der Waals surface area contributed by atoms with Crippen molar-refractivity contribution < 1.29 is 14.4 Å². The second kappa shape index (κ2) is 8.75. The zero-order valence-corrected chi connectivity index (χ0v) is 19.3. The van der Waals surface area contributed by atoms with Crippen molar-refractivity contribution in [1.29, 1.82) is 0 Å². The summed E-state index contributed by atoms with van der Waals surface area (Å²) < 4.78 is 3.83. The number of amides is 3. The quantitative estimate of drug-likeness (QED) is 0.589. The van der Waals surface area contributed by atoms with E-state index in [9.17, 15) is 14.4 Å². The van der Waals surface area contributed by atoms with Gasteiger partial charge in [-0.1, -0.05) is 10.6 Å². The molecule has 2 aliphatic heterocycles. The molecule has 0 atom stereocenters. The molecule has 0 unspecified atom stereocenters. The van der Waals surface area contributed by atoms with E-state index in [0.29, 0.717) is 54.5 Å². The zero-order valence-electron chi connectivity index (χ0n) is 18.5. The summed E-state index contributed by atoms with van der Waals surface area (Å²) >= 11 is 1.10. The van der Waals surface area contributed by atoms with Gasteiger partial charge in [0.25, 0.3) is 17.7 Å². The fraction of sp³-hybridized carbons (Fsp3) is 0.261. The minimum absolute atomic E-state index is 0.0768. The third-order valence-corrected chi connectivity index (χ3v) is 6.94. The topological polar surface area (TPSA) is 125 Å². The molecule has 1 aromatic heterocycles. The summed E-state index contributed by atoms with van der Waals surface area (Å²) in [5, 5.41) is 7.17. The predicted molar refractivity (Wildman–Crippen MR) is 128 cm³/mol. The number of para-hydroxylation sites is 1. The minimum atomic E-state index is -0.489. The van der Waals surface area contributed by atoms with Gasteiger partial charge in [0.05, 0.1) is 29.3 Å². The molecule has 11 heteroatoms. The highest BCUT2D eigenvalue weighted by atomic mass is 32.1. The largest absolute Gasteiger partial charge is 0.366 e. The first kappa shape index (κ1) is 21.8. The number of piperazine rings is 1. The molecule has 0 spiro atoms. The molecule has 3 N–H and O–H groups in total. The summed E-state index contributed by atoms with van der Waals surface area (Å²) in [4.78, 5) is 43.6. The Morgan fingerprint density at radius 1 is 0.971 bits per heavy atom. The van der Waals surface area contributed by atoms with E-state index in [2.05, 4.69) is 14.9 Å². The molecule has 2 aromatic carbocycles. The van der Waals surface area contributed by atoms with Crippen LogP contribution in [-0.2, 0) is 0 Å². The van der Waals surface area contributed by atoms with Crippen molar-refractivity contribution in [3.63, 3.8) is 0 Å². The van der Waals surface area contributed by atoms with Crippen molar-refractivity contribution in [2.75, 3.05) is 43.1 Å². The number of nitrogens with one attached hydrogen (secondary N) is 1. The molecule has 0 bridgehead atoms. The van der Waals surface area contributed by atoms with E-state index in [4.69, 9.17) is 5.73 Å². The maximum atomic E-state index is 13.1. The van der Waals surface area contributed by atoms with E-state index in [1.807, 2.05) is 23.1 Å². The molecule has 3 amide bonds. The Kier molecular flexibility index (Phi) is 5.62. The summed E-state index contributed by atoms with van der Waals surface area (Å²) in [5.41, 5.74) is 9.64. The number of rotatable bonds is 4. The normalized spacial score (nSPS) is 15.1. The number of hydrogen-bond acceptors (Lipinski definition) is 8. The molecule has 0 radical (unpaired) electrons. The van der Waals surface area contributed by atoms with Gasteiger partial charge in [0, 0.05) is 37.4 Å². The molecule has 1 saturated heterocycles. The summed E-state index contributed by atoms with van der Waals surface area (Å²) in [6.45, 7) is 4.12. The molecule has 0 saturated carbocycles. The first-order valence-electron chi connectivity index (χ1n) is 10.9. The standard InChI is InChI=1S/C23H23N7O3S/c1-14-20(34-27-26-14)23(33)29-11-9-28(10-12-29)22(32)15-5-7-16(8-6-15)30-13-25-18-4-2-3-17(19(18)30)21(24)31/h2-8,25H,9-13H2,1H3,(H2,24,31). The second-order valence-corrected chi connectivity index (χ2v) is 8.90. The summed E-state index contributed by atoms with van der Waals surface area (Å²) in [7, 11) is 0. The highest BCUT2D eigenvalue weighted by molar-refractivity contribution is 7.07. The molecular formula is C23H23N7O3S. The third-order valence-electron chi connectivity index (χ3n) is 6.12. The number of primary amides is 1. The average Bonchev–Trinajstić information content (AvgIpc) is 3.49. The number of nitrogens with zero attached hydrogens (tertiary/aromatic N) is 5. The van der Waals surface area contributed by atoms with Gasteiger partial charge in [0.2, 0.25) is 0 Å². The number of aromatic nitrogens is 2. The second-order valence-electron chi connectivity index (χ2n) is 8.15. The summed E-state index contributed by atoms with van der Waals surface area (Å²) in [5.74, 6) is -0.650. The van der Waals surface area contributed by atoms with Crippen LogP contribution in [0, 0.1) is 6.92 Å². The molecule has 10 nitrogen and oxygen atoms in total. The van der Waals surface area contributed by atoms with Crippen molar-refractivity contribution in [3.8, 4) is 0 Å². The smallest absolute Gasteiger partial charge is 0.267 e. The first-order valence-corrected chi connectivity index (χ1v) is 11.6. The fourth-order valence-electron chi connectivity index (χ4n) is 4.29. The number of fused-ring (bicyclic) bond motifs is 1. The number of anilines is 3. The van der Waals surface area contributed by atoms with Gasteiger partial charge in [-0.25, -0.2) is 0 Å². The van der Waals surface area contributed by atoms with Crippen LogP contribution in [0.4, 0.5) is 17.1 Å². The number of carbonyl (C=O) groups excluding carboxylic acids is 3. The SMILES string of the molecule is Cc1nnsc1C(=O)N1CCN(C(=O)c2ccc(N3CNc4cccc(C(N)=O)c43)cc2)CC1. The van der Waals surface area contributed by atoms with E-state index in [-0.39, 0.29) is 11.8 Å². The monoisotopic (exact) mass is 477 g/mol. The molecule has 0 aliphatic carbocycles. The molecule has 5 rings (SSSR count). The Labute approximate surface area is 200 Å². The first-order chi connectivity index (χ1) is 16.4. The Morgan fingerprint density at radius 2 is 1.65 bits per heavy atom. The fourth-order valence-corrected chi connectivity index (χ4v) is 4.92. The maximum absolute atomic E-state index is 13.1. The minimum Gasteiger partial charge on any atom is -0.366 e. The number of benzene rings is 2. The predicted octanol–water partition coefficient (Wildman–Crippen LogP) is 2.06. The number of aryl methyl sites for hydroxylation is 1. The molecule has 34 heavy (non-hydrogen) atoms. The lowest BCUT2D eigenvalue weighted by molar-refractivity contribution is 0.0537. The average molecular weight is 478 g/mol. The van der Waals surface area contributed by atoms with Gasteiger partial charge in [0.15, 0.2) is 0 Å². The Morgan fingerprint density at radius 3 is 2.26 bits per heavy atom. The molecule has 3 heterocycles. The lowest BCUT2D eigenvalue weighted by Gasteiger charge is -2.34. The Hall–Kier alpha value is -3.99. The molecule has 2 aliphatic rings. The van der Waals surface area contributed by atoms with Crippen LogP contribution in [0.3, 0.4) is 0 Å². The van der Waals surface area contributed by atoms with E-state index in [0.717, 1.165) is 28.6 Å². The van der Waals surface area contributed by atoms with Crippen LogP contribution in [-0.4, -0.2) is 70.0 Å². The van der Waals surface area contributed by atoms with Crippen LogP contribution in [0.1, 0.15) is 36.1 Å². The van der Waals surface area contributed by atoms with Gasteiger partial charge in [-0.3, -0.25) is 14.4 Å². The Balaban J connectivity index is 1.26. The van der Waals surface area contributed by atoms with Gasteiger partial charge in [-0.15, -0.1) is 5.10 Å². The van der Waals surface area contributed by atoms with Gasteiger partial charge in [-0.05, 0) is 54.9 Å². The van der Waals surface area contributed by atoms with Crippen LogP contribution in [0.15, 0.2) is 42.5 Å². The van der Waals surface area contributed by atoms with Crippen LogP contribution in [0.2, 0.25) is 0 Å². The van der Waals surface area contributed by atoms with Crippen LogP contribution in [0.5, 0.6) is 0 Å². The highest BCUT2D eigenvalue weighted by Crippen LogP contribution is 2.39. The van der Waals surface area contributed by atoms with Gasteiger partial charge < -0.3 is 25.8 Å². The van der Waals surface area contributed by atoms with E-state index in [1.54, 1.807) is 41.0 Å². The lowest BCUT2D eigenvalue weighted by Crippen LogP contribution is -2.50. The van der Waals surface area contributed by atoms with Crippen LogP contribution >= 0.6 is 11.5 Å². The van der Waals surface area contributed by atoms with Crippen LogP contribution < -0.4 is 16.0 Å². The van der Waals surface area contributed by atoms with Crippen molar-refractivity contribution in [1.82, 2.24) is 19.4 Å². The van der Waals surface area contributed by atoms with E-state index >= 15 is 0 Å². The van der Waals surface area contributed by atoms with Crippen molar-refractivity contribution in [2.24, 2.45) is 5.73 Å². The van der Waals surface area contributed by atoms with E-state index < -0.39 is 5.91 Å². The molecular weight excluding hydrogens is 454 g/mol. The highest BCUT2D eigenvalue weighted by Gasteiger charge is 2.28. The molecule has 174 valence electrons. The van der Waals surface area contributed by atoms with Gasteiger partial charge in [0.1, 0.15) is 4.88 Å². The zero-order chi connectivity index (χ0) is 23.8. The Bertz CT molecular complexity index is 1270. The van der Waals surface area contributed by atoms with Gasteiger partial charge >= 0.3 is 0 Å². The van der Waals surface area contributed by atoms with Crippen molar-refractivity contribution in [2.45, 2.75) is 6.92 Å². The van der Waals surface area contributed by atoms with Gasteiger partial charge in [-0.2, -0.15) is 0 Å². The van der Waals surface area contributed by atoms with Crippen molar-refractivity contribution in [3.05, 3.63) is 64.2 Å². The molecule has 3 aromatic rings. The summed E-state index contributed by atoms with van der Waals surface area (Å²) in [6, 6.07) is 12.7. The van der Waals surface area contributed by atoms with Crippen molar-refractivity contribution >= 4 is 46.3 Å². The molecule has 1 fully saturated rings. The number of nitrogens with two attached hydrogens (primary N) is 1. The number of hydrogen-bond donors (Lipinski definition) is 2. The maximum Gasteiger partial charge on any atom is 0.267 e. The lowest BCUT2D eigenvalue weighted by atomic mass is 10.1. The number of carbonyl (C=O) groups is 3. The van der Waals surface area contributed by atoms with E-state index in [1.165, 1.54) is 0 Å².